The van der Waals surface area contributed by atoms with E-state index in [0.29, 0.717) is 17.3 Å². The third kappa shape index (κ3) is 5.27. The molecule has 0 saturated heterocycles. The largest absolute Gasteiger partial charge is 0.400 e. The zero-order valence-electron chi connectivity index (χ0n) is 23.9. The monoisotopic (exact) mass is 460 g/mol. The van der Waals surface area contributed by atoms with Crippen molar-refractivity contribution in [2.45, 2.75) is 107 Å². The summed E-state index contributed by atoms with van der Waals surface area (Å²) in [6.45, 7) is 13.4. The molecule has 3 aliphatic carbocycles. The first-order valence-corrected chi connectivity index (χ1v) is 14.0. The number of allylic oxidation sites excluding steroid dienone is 4. The second-order valence-electron chi connectivity index (χ2n) is 14.5. The molecule has 0 spiro atoms. The zero-order chi connectivity index (χ0) is 25.7. The van der Waals surface area contributed by atoms with Gasteiger partial charge in [0.25, 0.3) is 0 Å². The van der Waals surface area contributed by atoms with Crippen LogP contribution in [-0.4, -0.2) is 60.5 Å². The normalized spacial score (nSPS) is 38.7. The topological polar surface area (TPSA) is 40.5 Å². The van der Waals surface area contributed by atoms with Crippen LogP contribution in [0.2, 0.25) is 10.4 Å². The number of hydrogen-bond acceptors (Lipinski definition) is 2. The predicted octanol–water partition coefficient (Wildman–Crippen LogP) is 1.68. The lowest BCUT2D eigenvalue weighted by Crippen LogP contribution is -2.53. The fourth-order valence-corrected chi connectivity index (χ4v) is 7.99. The summed E-state index contributed by atoms with van der Waals surface area (Å²) < 4.78 is 0. The van der Waals surface area contributed by atoms with Crippen molar-refractivity contribution < 1.29 is 10.2 Å². The Morgan fingerprint density at radius 3 is 2.41 bits per heavy atom. The van der Waals surface area contributed by atoms with E-state index in [2.05, 4.69) is 64.0 Å². The lowest BCUT2D eigenvalue weighted by Gasteiger charge is -2.54. The molecule has 0 aromatic heterocycles. The molecule has 5 atom stereocenters. The number of aliphatic hydroxyl groups is 2. The third-order valence-electron chi connectivity index (χ3n) is 10.6. The molecular formula is C27H49B5O2. The van der Waals surface area contributed by atoms with Gasteiger partial charge in [-0.2, -0.15) is 0 Å². The van der Waals surface area contributed by atoms with E-state index in [4.69, 9.17) is 0 Å². The van der Waals surface area contributed by atoms with Gasteiger partial charge in [-0.15, -0.1) is 0 Å². The molecule has 3 saturated carbocycles. The molecule has 0 amide bonds. The van der Waals surface area contributed by atoms with Crippen molar-refractivity contribution in [1.82, 2.24) is 0 Å². The van der Waals surface area contributed by atoms with E-state index >= 15 is 0 Å². The van der Waals surface area contributed by atoms with E-state index in [9.17, 15) is 10.2 Å². The number of rotatable bonds is 6. The van der Waals surface area contributed by atoms with Crippen LogP contribution in [0.15, 0.2) is 35.5 Å². The van der Waals surface area contributed by atoms with Crippen molar-refractivity contribution in [2.75, 3.05) is 0 Å². The maximum absolute atomic E-state index is 11.4. The van der Waals surface area contributed by atoms with Gasteiger partial charge in [-0.3, -0.25) is 0 Å². The van der Waals surface area contributed by atoms with Gasteiger partial charge < -0.3 is 10.2 Å². The smallest absolute Gasteiger partial charge is 0.142 e. The predicted molar refractivity (Wildman–Crippen MR) is 160 cm³/mol. The molecule has 0 aromatic carbocycles. The minimum Gasteiger partial charge on any atom is -0.400 e. The summed E-state index contributed by atoms with van der Waals surface area (Å²) in [5, 5.41) is 21.1. The molecule has 34 heavy (non-hydrogen) atoms. The van der Waals surface area contributed by atoms with Crippen molar-refractivity contribution in [3.05, 3.63) is 35.5 Å². The van der Waals surface area contributed by atoms with Gasteiger partial charge >= 0.3 is 0 Å². The second-order valence-corrected chi connectivity index (χ2v) is 14.5. The molecule has 0 bridgehead atoms. The van der Waals surface area contributed by atoms with Gasteiger partial charge in [-0.25, -0.2) is 0 Å². The van der Waals surface area contributed by atoms with Crippen LogP contribution in [0.1, 0.15) is 85.5 Å². The van der Waals surface area contributed by atoms with E-state index in [-0.39, 0.29) is 10.4 Å². The molecule has 0 heterocycles. The van der Waals surface area contributed by atoms with Crippen LogP contribution in [0, 0.1) is 23.2 Å². The van der Waals surface area contributed by atoms with Gasteiger partial charge in [0.1, 0.15) is 39.2 Å². The van der Waals surface area contributed by atoms with Crippen LogP contribution >= 0.6 is 0 Å². The van der Waals surface area contributed by atoms with Crippen molar-refractivity contribution in [2.24, 2.45) is 23.2 Å². The number of hydrogen-bond donors (Lipinski definition) is 2. The summed E-state index contributed by atoms with van der Waals surface area (Å²) in [4.78, 5) is 0. The SMILES string of the molecule is BC1(B)C[C@](B)(O)C(B)(B)/C(=C/C=C2\CCC[C@]3(C)[C@@H]([C@H](C)CCCC(C)(C)O)CC[C@@H]23)C1=C. The molecule has 3 rings (SSSR count). The van der Waals surface area contributed by atoms with Gasteiger partial charge in [0.05, 0.1) is 5.60 Å². The van der Waals surface area contributed by atoms with Crippen molar-refractivity contribution >= 4 is 39.2 Å². The van der Waals surface area contributed by atoms with Crippen LogP contribution in [0.3, 0.4) is 0 Å². The molecular weight excluding hydrogens is 410 g/mol. The molecule has 0 unspecified atom stereocenters. The van der Waals surface area contributed by atoms with E-state index in [1.165, 1.54) is 49.7 Å². The van der Waals surface area contributed by atoms with Gasteiger partial charge in [0, 0.05) is 5.50 Å². The fraction of sp³-hybridized carbons (Fsp3) is 0.778. The Balaban J connectivity index is 1.83. The highest BCUT2D eigenvalue weighted by Gasteiger charge is 2.52. The molecule has 2 N–H and O–H groups in total. The summed E-state index contributed by atoms with van der Waals surface area (Å²) in [5.74, 6) is 2.16. The number of fused-ring (bicyclic) bond motifs is 1. The van der Waals surface area contributed by atoms with Crippen LogP contribution in [0.5, 0.6) is 0 Å². The summed E-state index contributed by atoms with van der Waals surface area (Å²) in [7, 11) is 10.8. The first-order chi connectivity index (χ1) is 15.4. The maximum atomic E-state index is 11.4. The third-order valence-corrected chi connectivity index (χ3v) is 10.6. The highest BCUT2D eigenvalue weighted by molar-refractivity contribution is 6.50. The summed E-state index contributed by atoms with van der Waals surface area (Å²) in [6.07, 6.45) is 15.2. The van der Waals surface area contributed by atoms with Crippen LogP contribution in [0.4, 0.5) is 0 Å². The Kier molecular flexibility index (Phi) is 7.76. The molecule has 3 fully saturated rings. The molecule has 0 aliphatic heterocycles. The Morgan fingerprint density at radius 2 is 1.79 bits per heavy atom. The average Bonchev–Trinajstić information content (AvgIpc) is 3.02. The Morgan fingerprint density at radius 1 is 1.15 bits per heavy atom. The van der Waals surface area contributed by atoms with Crippen LogP contribution in [-0.2, 0) is 0 Å². The molecule has 0 radical (unpaired) electrons. The molecule has 2 nitrogen and oxygen atoms in total. The molecule has 0 aromatic rings. The minimum absolute atomic E-state index is 0.0958. The average molecular weight is 460 g/mol. The van der Waals surface area contributed by atoms with Crippen LogP contribution < -0.4 is 0 Å². The van der Waals surface area contributed by atoms with Crippen LogP contribution in [0.25, 0.3) is 0 Å². The van der Waals surface area contributed by atoms with E-state index in [1.807, 2.05) is 21.7 Å². The first-order valence-electron chi connectivity index (χ1n) is 14.0. The van der Waals surface area contributed by atoms with Gasteiger partial charge in [0.2, 0.25) is 0 Å². The summed E-state index contributed by atoms with van der Waals surface area (Å²) in [6, 6.07) is 0. The molecule has 7 heteroatoms. The highest BCUT2D eigenvalue weighted by Crippen LogP contribution is 2.61. The van der Waals surface area contributed by atoms with E-state index < -0.39 is 11.1 Å². The standard InChI is InChI=1S/C27H49B5O2/c1-17(8-6-14-23(3,4)33)20-12-13-22-19(9-7-15-24(20,22)5)10-11-21-18(2)25(28,29)16-26(30,34)27(21,31)32/h10-11,17,20,22,33-34H,2,6-9,12-16,28-32H2,1,3-5H3/b19-10+,21-11+/t17-,20-,22+,24-,26+/m1/s1. The Hall–Kier alpha value is -0.535. The maximum Gasteiger partial charge on any atom is 0.142 e. The van der Waals surface area contributed by atoms with E-state index in [1.54, 1.807) is 5.57 Å². The Labute approximate surface area is 214 Å². The quantitative estimate of drug-likeness (QED) is 0.594. The van der Waals surface area contributed by atoms with Crippen molar-refractivity contribution in [3.63, 3.8) is 0 Å². The lowest BCUT2D eigenvalue weighted by atomic mass is 9.28. The highest BCUT2D eigenvalue weighted by atomic mass is 16.3. The summed E-state index contributed by atoms with van der Waals surface area (Å²) >= 11 is 0. The fourth-order valence-electron chi connectivity index (χ4n) is 7.99. The zero-order valence-corrected chi connectivity index (χ0v) is 23.9. The van der Waals surface area contributed by atoms with Gasteiger partial charge in [0.15, 0.2) is 0 Å². The first kappa shape index (κ1) is 28.0. The van der Waals surface area contributed by atoms with Gasteiger partial charge in [-0.1, -0.05) is 67.4 Å². The second kappa shape index (κ2) is 9.40. The molecule has 184 valence electrons. The van der Waals surface area contributed by atoms with E-state index in [0.717, 1.165) is 25.2 Å². The van der Waals surface area contributed by atoms with Gasteiger partial charge in [-0.05, 0) is 87.2 Å². The summed E-state index contributed by atoms with van der Waals surface area (Å²) in [5.41, 5.74) is 3.12. The van der Waals surface area contributed by atoms with Crippen molar-refractivity contribution in [1.29, 1.82) is 0 Å². The Bertz CT molecular complexity index is 852. The minimum atomic E-state index is -0.750. The van der Waals surface area contributed by atoms with Crippen molar-refractivity contribution in [3.8, 4) is 0 Å². The molecule has 3 aliphatic rings. The lowest BCUT2D eigenvalue weighted by molar-refractivity contribution is 0.0596.